The fourth-order valence-electron chi connectivity index (χ4n) is 5.25. The number of hydrogen-bond acceptors (Lipinski definition) is 5. The number of unbranched alkanes of at least 4 members (excludes halogenated alkanes) is 1. The molecule has 1 saturated carbocycles. The van der Waals surface area contributed by atoms with Crippen molar-refractivity contribution in [3.05, 3.63) is 0 Å². The van der Waals surface area contributed by atoms with Crippen LogP contribution in [0, 0.1) is 11.8 Å². The lowest BCUT2D eigenvalue weighted by atomic mass is 9.84. The molecule has 1 aliphatic carbocycles. The first-order chi connectivity index (χ1) is 15.4. The Morgan fingerprint density at radius 2 is 1.88 bits per heavy atom. The van der Waals surface area contributed by atoms with E-state index in [4.69, 9.17) is 18.9 Å². The number of aliphatic hydroxyl groups excluding tert-OH is 1. The van der Waals surface area contributed by atoms with Crippen LogP contribution in [0.5, 0.6) is 0 Å². The van der Waals surface area contributed by atoms with Gasteiger partial charge in [-0.05, 0) is 57.8 Å². The highest BCUT2D eigenvalue weighted by Gasteiger charge is 2.46. The third-order valence-corrected chi connectivity index (χ3v) is 7.05. The Balaban J connectivity index is 2.08. The summed E-state index contributed by atoms with van der Waals surface area (Å²) < 4.78 is 52.3. The van der Waals surface area contributed by atoms with Crippen molar-refractivity contribution in [1.29, 1.82) is 0 Å². The minimum atomic E-state index is -3.04. The monoisotopic (exact) mass is 464 g/mol. The average Bonchev–Trinajstić information content (AvgIpc) is 3.06. The zero-order chi connectivity index (χ0) is 23.4. The zero-order valence-corrected chi connectivity index (χ0v) is 20.4. The Kier molecular flexibility index (Phi) is 12.9. The quantitative estimate of drug-likeness (QED) is 0.376. The van der Waals surface area contributed by atoms with Crippen molar-refractivity contribution in [3.63, 3.8) is 0 Å². The van der Waals surface area contributed by atoms with E-state index < -0.39 is 12.0 Å². The van der Waals surface area contributed by atoms with Gasteiger partial charge in [-0.3, -0.25) is 0 Å². The Labute approximate surface area is 193 Å². The molecule has 0 bridgehead atoms. The molecule has 5 nitrogen and oxygen atoms in total. The number of hydrogen-bond donors (Lipinski definition) is 1. The SMILES string of the molecule is CCCCC(F)(F)[C@H](O)CC[C@@H]1[C@H]2CCCCCCCOCO[C@H]2C[C@H]1OC(C)OCC. The van der Waals surface area contributed by atoms with Crippen LogP contribution in [0.2, 0.25) is 0 Å². The van der Waals surface area contributed by atoms with Crippen LogP contribution in [0.4, 0.5) is 8.78 Å². The van der Waals surface area contributed by atoms with E-state index >= 15 is 0 Å². The van der Waals surface area contributed by atoms with E-state index in [1.165, 1.54) is 6.42 Å². The second-order valence-corrected chi connectivity index (χ2v) is 9.51. The van der Waals surface area contributed by atoms with Crippen molar-refractivity contribution in [1.82, 2.24) is 0 Å². The molecular weight excluding hydrogens is 418 g/mol. The molecule has 7 heteroatoms. The predicted octanol–water partition coefficient (Wildman–Crippen LogP) is 6.07. The fourth-order valence-corrected chi connectivity index (χ4v) is 5.25. The van der Waals surface area contributed by atoms with Crippen LogP contribution >= 0.6 is 0 Å². The highest BCUT2D eigenvalue weighted by atomic mass is 19.3. The lowest BCUT2D eigenvalue weighted by Gasteiger charge is -2.30. The molecule has 1 saturated heterocycles. The van der Waals surface area contributed by atoms with Crippen LogP contribution in [-0.2, 0) is 18.9 Å². The number of rotatable bonds is 11. The third-order valence-electron chi connectivity index (χ3n) is 7.05. The molecule has 0 amide bonds. The van der Waals surface area contributed by atoms with E-state index in [-0.39, 0.29) is 50.0 Å². The Bertz CT molecular complexity index is 493. The first kappa shape index (κ1) is 27.9. The van der Waals surface area contributed by atoms with Gasteiger partial charge in [0, 0.05) is 26.1 Å². The summed E-state index contributed by atoms with van der Waals surface area (Å²) in [5, 5.41) is 10.3. The Hall–Kier alpha value is -0.340. The molecule has 2 rings (SSSR count). The van der Waals surface area contributed by atoms with Gasteiger partial charge in [0.2, 0.25) is 0 Å². The maximum Gasteiger partial charge on any atom is 0.273 e. The maximum atomic E-state index is 14.4. The van der Waals surface area contributed by atoms with E-state index in [0.29, 0.717) is 38.9 Å². The fraction of sp³-hybridized carbons (Fsp3) is 1.00. The molecule has 1 N–H and O–H groups in total. The summed E-state index contributed by atoms with van der Waals surface area (Å²) in [6.45, 7) is 7.21. The van der Waals surface area contributed by atoms with Gasteiger partial charge in [-0.1, -0.05) is 39.0 Å². The van der Waals surface area contributed by atoms with Gasteiger partial charge in [0.15, 0.2) is 6.29 Å². The van der Waals surface area contributed by atoms with Crippen molar-refractivity contribution in [2.24, 2.45) is 11.8 Å². The van der Waals surface area contributed by atoms with E-state index in [0.717, 1.165) is 32.1 Å². The van der Waals surface area contributed by atoms with Crippen LogP contribution in [0.25, 0.3) is 0 Å². The summed E-state index contributed by atoms with van der Waals surface area (Å²) in [7, 11) is 0. The summed E-state index contributed by atoms with van der Waals surface area (Å²) in [4.78, 5) is 0. The normalized spacial score (nSPS) is 30.2. The molecule has 0 aromatic rings. The van der Waals surface area contributed by atoms with E-state index in [1.807, 2.05) is 20.8 Å². The molecule has 0 aromatic carbocycles. The second-order valence-electron chi connectivity index (χ2n) is 9.51. The molecule has 2 fully saturated rings. The third kappa shape index (κ3) is 9.13. The summed E-state index contributed by atoms with van der Waals surface area (Å²) in [5.41, 5.74) is 0. The van der Waals surface area contributed by atoms with E-state index in [2.05, 4.69) is 0 Å². The van der Waals surface area contributed by atoms with Gasteiger partial charge in [0.05, 0.1) is 12.2 Å². The van der Waals surface area contributed by atoms with Gasteiger partial charge in [0.25, 0.3) is 5.92 Å². The van der Waals surface area contributed by atoms with Gasteiger partial charge in [0.1, 0.15) is 12.9 Å². The number of aliphatic hydroxyl groups is 1. The van der Waals surface area contributed by atoms with E-state index in [9.17, 15) is 13.9 Å². The number of alkyl halides is 2. The summed E-state index contributed by atoms with van der Waals surface area (Å²) in [5.74, 6) is -2.77. The number of halogens is 2. The van der Waals surface area contributed by atoms with Crippen LogP contribution in [0.3, 0.4) is 0 Å². The second kappa shape index (κ2) is 14.8. The molecule has 190 valence electrons. The molecule has 0 radical (unpaired) electrons. The van der Waals surface area contributed by atoms with E-state index in [1.54, 1.807) is 0 Å². The number of fused-ring (bicyclic) bond motifs is 1. The standard InChI is InChI=1S/C25H46F2O5/c1-4-6-15-25(26,27)24(28)14-13-21-20-12-10-8-7-9-11-16-29-18-31-22(20)17-23(21)32-19(3)30-5-2/h19-24,28H,4-18H2,1-3H3/t19?,20-,21-,22+,23-,24-/m1/s1. The molecule has 1 unspecified atom stereocenters. The Morgan fingerprint density at radius 1 is 1.12 bits per heavy atom. The maximum absolute atomic E-state index is 14.4. The van der Waals surface area contributed by atoms with Crippen molar-refractivity contribution in [2.45, 2.75) is 128 Å². The summed E-state index contributed by atoms with van der Waals surface area (Å²) in [6, 6.07) is 0. The lowest BCUT2D eigenvalue weighted by molar-refractivity contribution is -0.170. The van der Waals surface area contributed by atoms with Crippen LogP contribution in [0.1, 0.15) is 97.8 Å². The topological polar surface area (TPSA) is 57.2 Å². The summed E-state index contributed by atoms with van der Waals surface area (Å²) >= 11 is 0. The molecule has 32 heavy (non-hydrogen) atoms. The average molecular weight is 465 g/mol. The largest absolute Gasteiger partial charge is 0.387 e. The molecule has 1 aliphatic heterocycles. The number of ether oxygens (including phenoxy) is 4. The highest BCUT2D eigenvalue weighted by molar-refractivity contribution is 4.94. The highest BCUT2D eigenvalue weighted by Crippen LogP contribution is 2.43. The smallest absolute Gasteiger partial charge is 0.273 e. The predicted molar refractivity (Wildman–Crippen MR) is 121 cm³/mol. The molecule has 1 heterocycles. The first-order valence-electron chi connectivity index (χ1n) is 12.9. The van der Waals surface area contributed by atoms with Gasteiger partial charge in [-0.25, -0.2) is 8.78 Å². The molecule has 6 atom stereocenters. The van der Waals surface area contributed by atoms with Gasteiger partial charge in [-0.2, -0.15) is 0 Å². The van der Waals surface area contributed by atoms with Gasteiger partial charge >= 0.3 is 0 Å². The zero-order valence-electron chi connectivity index (χ0n) is 20.4. The van der Waals surface area contributed by atoms with Crippen LogP contribution in [-0.4, -0.2) is 55.6 Å². The van der Waals surface area contributed by atoms with Crippen molar-refractivity contribution in [2.75, 3.05) is 20.0 Å². The molecule has 0 spiro atoms. The molecule has 2 aliphatic rings. The van der Waals surface area contributed by atoms with Gasteiger partial charge in [-0.15, -0.1) is 0 Å². The molecular formula is C25H46F2O5. The first-order valence-corrected chi connectivity index (χ1v) is 12.9. The van der Waals surface area contributed by atoms with Gasteiger partial charge < -0.3 is 24.1 Å². The molecule has 0 aromatic heterocycles. The summed E-state index contributed by atoms with van der Waals surface area (Å²) in [6.07, 6.45) is 6.66. The van der Waals surface area contributed by atoms with Crippen LogP contribution < -0.4 is 0 Å². The van der Waals surface area contributed by atoms with Crippen molar-refractivity contribution in [3.8, 4) is 0 Å². The minimum Gasteiger partial charge on any atom is -0.387 e. The van der Waals surface area contributed by atoms with Crippen molar-refractivity contribution >= 4 is 0 Å². The van der Waals surface area contributed by atoms with Crippen LogP contribution in [0.15, 0.2) is 0 Å². The Morgan fingerprint density at radius 3 is 2.62 bits per heavy atom. The lowest BCUT2D eigenvalue weighted by Crippen LogP contribution is -2.35. The van der Waals surface area contributed by atoms with Crippen molar-refractivity contribution < 1.29 is 32.8 Å². The minimum absolute atomic E-state index is 0.0176.